The van der Waals surface area contributed by atoms with Gasteiger partial charge in [0.05, 0.1) is 5.75 Å². The van der Waals surface area contributed by atoms with E-state index < -0.39 is 10.1 Å². The Labute approximate surface area is 77.9 Å². The monoisotopic (exact) mass is 202 g/mol. The SMILES string of the molecule is CCCS(=O)(=O)O[n+]1ccccc1. The van der Waals surface area contributed by atoms with Gasteiger partial charge in [0.15, 0.2) is 0 Å². The fourth-order valence-corrected chi connectivity index (χ4v) is 1.79. The molecule has 0 aromatic carbocycles. The first-order chi connectivity index (χ1) is 6.14. The lowest BCUT2D eigenvalue weighted by Crippen LogP contribution is -2.45. The van der Waals surface area contributed by atoms with Crippen molar-refractivity contribution in [3.63, 3.8) is 0 Å². The van der Waals surface area contributed by atoms with Gasteiger partial charge in [0.2, 0.25) is 12.4 Å². The van der Waals surface area contributed by atoms with Crippen LogP contribution in [0.25, 0.3) is 0 Å². The van der Waals surface area contributed by atoms with E-state index >= 15 is 0 Å². The van der Waals surface area contributed by atoms with Gasteiger partial charge in [-0.05, 0) is 6.42 Å². The van der Waals surface area contributed by atoms with E-state index in [-0.39, 0.29) is 5.75 Å². The van der Waals surface area contributed by atoms with Crippen LogP contribution in [0, 0.1) is 0 Å². The van der Waals surface area contributed by atoms with Crippen molar-refractivity contribution < 1.29 is 17.4 Å². The average molecular weight is 202 g/mol. The van der Waals surface area contributed by atoms with Crippen LogP contribution in [0.4, 0.5) is 0 Å². The molecule has 5 heteroatoms. The first kappa shape index (κ1) is 9.98. The van der Waals surface area contributed by atoms with Gasteiger partial charge < -0.3 is 0 Å². The number of hydrogen-bond donors (Lipinski definition) is 0. The van der Waals surface area contributed by atoms with Gasteiger partial charge in [0, 0.05) is 16.9 Å². The molecular weight excluding hydrogens is 190 g/mol. The van der Waals surface area contributed by atoms with Crippen molar-refractivity contribution in [2.24, 2.45) is 0 Å². The van der Waals surface area contributed by atoms with Crippen LogP contribution in [0.3, 0.4) is 0 Å². The Kier molecular flexibility index (Phi) is 3.25. The summed E-state index contributed by atoms with van der Waals surface area (Å²) in [6, 6.07) is 5.18. The van der Waals surface area contributed by atoms with Crippen molar-refractivity contribution in [2.45, 2.75) is 13.3 Å². The number of hydrogen-bond acceptors (Lipinski definition) is 3. The van der Waals surface area contributed by atoms with E-state index in [1.807, 2.05) is 0 Å². The molecule has 0 spiro atoms. The topological polar surface area (TPSA) is 47.3 Å². The van der Waals surface area contributed by atoms with E-state index in [0.29, 0.717) is 6.42 Å². The molecule has 0 aliphatic carbocycles. The lowest BCUT2D eigenvalue weighted by atomic mass is 10.5. The molecule has 0 radical (unpaired) electrons. The predicted octanol–water partition coefficient (Wildman–Crippen LogP) is 0.142. The quantitative estimate of drug-likeness (QED) is 0.653. The molecule has 0 saturated heterocycles. The molecule has 4 nitrogen and oxygen atoms in total. The summed E-state index contributed by atoms with van der Waals surface area (Å²) in [6.45, 7) is 1.79. The molecule has 0 bridgehead atoms. The smallest absolute Gasteiger partial charge is 0.181 e. The van der Waals surface area contributed by atoms with Crippen LogP contribution in [0.1, 0.15) is 13.3 Å². The van der Waals surface area contributed by atoms with Gasteiger partial charge in [-0.15, -0.1) is 4.28 Å². The molecule has 13 heavy (non-hydrogen) atoms. The Morgan fingerprint density at radius 3 is 2.38 bits per heavy atom. The average Bonchev–Trinajstić information content (AvgIpc) is 2.04. The zero-order chi connectivity index (χ0) is 9.73. The third-order valence-corrected chi connectivity index (χ3v) is 2.65. The van der Waals surface area contributed by atoms with Crippen LogP contribution >= 0.6 is 0 Å². The molecule has 1 aromatic heterocycles. The largest absolute Gasteiger partial charge is 0.367 e. The van der Waals surface area contributed by atoms with E-state index in [9.17, 15) is 8.42 Å². The molecule has 0 N–H and O–H groups in total. The summed E-state index contributed by atoms with van der Waals surface area (Å²) in [5, 5.41) is 0. The molecular formula is C8H12NO3S+. The fraction of sp³-hybridized carbons (Fsp3) is 0.375. The molecule has 0 aliphatic rings. The third kappa shape index (κ3) is 3.42. The van der Waals surface area contributed by atoms with Crippen LogP contribution in [0.2, 0.25) is 0 Å². The third-order valence-electron chi connectivity index (χ3n) is 1.34. The summed E-state index contributed by atoms with van der Waals surface area (Å²) in [5.74, 6) is 0.0366. The zero-order valence-corrected chi connectivity index (χ0v) is 8.20. The highest BCUT2D eigenvalue weighted by Gasteiger charge is 2.16. The Hall–Kier alpha value is -1.10. The van der Waals surface area contributed by atoms with Gasteiger partial charge in [-0.25, -0.2) is 0 Å². The second-order valence-electron chi connectivity index (χ2n) is 2.57. The van der Waals surface area contributed by atoms with Gasteiger partial charge >= 0.3 is 10.1 Å². The highest BCUT2D eigenvalue weighted by Crippen LogP contribution is 1.88. The Bertz CT molecular complexity index is 347. The van der Waals surface area contributed by atoms with Crippen LogP contribution in [0.15, 0.2) is 30.6 Å². The summed E-state index contributed by atoms with van der Waals surface area (Å²) < 4.78 is 28.2. The summed E-state index contributed by atoms with van der Waals surface area (Å²) in [6.07, 6.45) is 3.62. The number of rotatable bonds is 4. The van der Waals surface area contributed by atoms with E-state index in [0.717, 1.165) is 0 Å². The fourth-order valence-electron chi connectivity index (χ4n) is 0.851. The summed E-state index contributed by atoms with van der Waals surface area (Å²) >= 11 is 0. The minimum absolute atomic E-state index is 0.0366. The Morgan fingerprint density at radius 2 is 1.85 bits per heavy atom. The number of aromatic nitrogens is 1. The van der Waals surface area contributed by atoms with Crippen LogP contribution in [0.5, 0.6) is 0 Å². The van der Waals surface area contributed by atoms with Crippen molar-refractivity contribution in [1.82, 2.24) is 0 Å². The first-order valence-electron chi connectivity index (χ1n) is 4.03. The van der Waals surface area contributed by atoms with Gasteiger partial charge in [0.1, 0.15) is 0 Å². The van der Waals surface area contributed by atoms with E-state index in [2.05, 4.69) is 0 Å². The highest BCUT2D eigenvalue weighted by molar-refractivity contribution is 7.86. The number of nitrogens with zero attached hydrogens (tertiary/aromatic N) is 1. The summed E-state index contributed by atoms with van der Waals surface area (Å²) in [5.41, 5.74) is 0. The van der Waals surface area contributed by atoms with Gasteiger partial charge in [0.25, 0.3) is 0 Å². The Morgan fingerprint density at radius 1 is 1.23 bits per heavy atom. The molecule has 0 atom stereocenters. The normalized spacial score (nSPS) is 11.2. The van der Waals surface area contributed by atoms with Crippen molar-refractivity contribution in [1.29, 1.82) is 0 Å². The van der Waals surface area contributed by atoms with Crippen molar-refractivity contribution >= 4 is 10.1 Å². The standard InChI is InChI=1S/C8H12NO3S/c1-2-8-13(10,11)12-9-6-4-3-5-7-9/h3-7H,2,8H2,1H3/q+1. The molecule has 1 rings (SSSR count). The lowest BCUT2D eigenvalue weighted by Gasteiger charge is -1.96. The molecule has 0 aliphatic heterocycles. The Balaban J connectivity index is 2.70. The molecule has 0 saturated carbocycles. The van der Waals surface area contributed by atoms with Gasteiger partial charge in [-0.2, -0.15) is 8.42 Å². The maximum absolute atomic E-state index is 11.2. The second kappa shape index (κ2) is 4.23. The van der Waals surface area contributed by atoms with Gasteiger partial charge in [-0.3, -0.25) is 0 Å². The van der Waals surface area contributed by atoms with Crippen molar-refractivity contribution in [3.8, 4) is 0 Å². The summed E-state index contributed by atoms with van der Waals surface area (Å²) in [7, 11) is -3.42. The lowest BCUT2D eigenvalue weighted by molar-refractivity contribution is -0.856. The van der Waals surface area contributed by atoms with E-state index in [1.165, 1.54) is 17.1 Å². The van der Waals surface area contributed by atoms with Gasteiger partial charge in [-0.1, -0.05) is 13.0 Å². The molecule has 1 aromatic rings. The first-order valence-corrected chi connectivity index (χ1v) is 5.61. The van der Waals surface area contributed by atoms with Crippen molar-refractivity contribution in [3.05, 3.63) is 30.6 Å². The molecule has 0 amide bonds. The number of pyridine rings is 1. The minimum atomic E-state index is -3.42. The van der Waals surface area contributed by atoms with Crippen molar-refractivity contribution in [2.75, 3.05) is 5.75 Å². The van der Waals surface area contributed by atoms with Crippen LogP contribution in [-0.4, -0.2) is 14.2 Å². The molecule has 0 unspecified atom stereocenters. The molecule has 0 fully saturated rings. The van der Waals surface area contributed by atoms with Crippen LogP contribution < -0.4 is 9.01 Å². The molecule has 72 valence electrons. The second-order valence-corrected chi connectivity index (χ2v) is 4.24. The van der Waals surface area contributed by atoms with Crippen LogP contribution in [-0.2, 0) is 10.1 Å². The van der Waals surface area contributed by atoms with E-state index in [1.54, 1.807) is 25.1 Å². The molecule has 1 heterocycles. The highest BCUT2D eigenvalue weighted by atomic mass is 32.2. The zero-order valence-electron chi connectivity index (χ0n) is 7.38. The maximum Gasteiger partial charge on any atom is 0.367 e. The summed E-state index contributed by atoms with van der Waals surface area (Å²) in [4.78, 5) is 0. The predicted molar refractivity (Wildman–Crippen MR) is 47.3 cm³/mol. The maximum atomic E-state index is 11.2. The van der Waals surface area contributed by atoms with E-state index in [4.69, 9.17) is 4.28 Å². The minimum Gasteiger partial charge on any atom is -0.181 e.